The minimum absolute atomic E-state index is 0.172. The van der Waals surface area contributed by atoms with Gasteiger partial charge in [-0.05, 0) is 20.3 Å². The summed E-state index contributed by atoms with van der Waals surface area (Å²) in [6, 6.07) is 0. The Hall–Kier alpha value is 0.0200. The second kappa shape index (κ2) is 2.33. The van der Waals surface area contributed by atoms with E-state index in [4.69, 9.17) is 0 Å². The molecule has 0 saturated carbocycles. The Bertz CT molecular complexity index is 138. The van der Waals surface area contributed by atoms with Crippen LogP contribution in [0.5, 0.6) is 0 Å². The van der Waals surface area contributed by atoms with Crippen molar-refractivity contribution in [3.63, 3.8) is 0 Å². The van der Waals surface area contributed by atoms with Crippen LogP contribution in [0, 0.1) is 0 Å². The minimum atomic E-state index is 0.172. The number of rotatable bonds is 1. The normalized spacial score (nSPS) is 24.1. The van der Waals surface area contributed by atoms with Crippen molar-refractivity contribution >= 4 is 17.5 Å². The van der Waals surface area contributed by atoms with Crippen LogP contribution in [-0.4, -0.2) is 16.3 Å². The molecule has 0 aliphatic carbocycles. The van der Waals surface area contributed by atoms with Crippen molar-refractivity contribution in [3.05, 3.63) is 0 Å². The molecule has 0 saturated heterocycles. The Balaban J connectivity index is 2.61. The van der Waals surface area contributed by atoms with E-state index in [0.717, 1.165) is 12.2 Å². The van der Waals surface area contributed by atoms with Gasteiger partial charge in [0.05, 0.1) is 0 Å². The maximum atomic E-state index is 4.52. The first-order valence-corrected chi connectivity index (χ1v) is 4.34. The van der Waals surface area contributed by atoms with E-state index < -0.39 is 0 Å². The van der Waals surface area contributed by atoms with Crippen molar-refractivity contribution in [1.82, 2.24) is 0 Å². The molecule has 0 unspecified atom stereocenters. The van der Waals surface area contributed by atoms with Crippen LogP contribution in [0.15, 0.2) is 4.99 Å². The monoisotopic (exact) mass is 143 g/mol. The molecule has 52 valence electrons. The predicted molar refractivity (Wildman–Crippen MR) is 44.3 cm³/mol. The van der Waals surface area contributed by atoms with Crippen LogP contribution in [-0.2, 0) is 0 Å². The van der Waals surface area contributed by atoms with Crippen LogP contribution in [0.1, 0.15) is 27.2 Å². The molecule has 0 atom stereocenters. The van der Waals surface area contributed by atoms with Gasteiger partial charge in [0.25, 0.3) is 0 Å². The van der Waals surface area contributed by atoms with Gasteiger partial charge in [-0.25, -0.2) is 0 Å². The lowest BCUT2D eigenvalue weighted by atomic mass is 10.3. The molecule has 0 fully saturated rings. The van der Waals surface area contributed by atoms with E-state index in [9.17, 15) is 0 Å². The van der Waals surface area contributed by atoms with Gasteiger partial charge in [0, 0.05) is 11.5 Å². The Morgan fingerprint density at radius 2 is 2.33 bits per heavy atom. The summed E-state index contributed by atoms with van der Waals surface area (Å²) in [6.45, 7) is 6.50. The summed E-state index contributed by atoms with van der Waals surface area (Å²) in [5.41, 5.74) is 1.37. The van der Waals surface area contributed by atoms with Gasteiger partial charge in [-0.3, -0.25) is 4.99 Å². The molecule has 0 aromatic heterocycles. The summed E-state index contributed by atoms with van der Waals surface area (Å²) in [7, 11) is 0. The zero-order valence-corrected chi connectivity index (χ0v) is 7.09. The maximum Gasteiger partial charge on any atom is 0.100 e. The molecule has 1 aliphatic rings. The summed E-state index contributed by atoms with van der Waals surface area (Å²) in [4.78, 5) is 4.69. The molecule has 0 aromatic rings. The standard InChI is InChI=1S/C7H13NS/c1-4-6-5-9-7(2,3)8-6/h4-5H2,1-3H3. The highest BCUT2D eigenvalue weighted by Crippen LogP contribution is 2.32. The zero-order valence-electron chi connectivity index (χ0n) is 6.27. The number of hydrogen-bond acceptors (Lipinski definition) is 2. The first-order chi connectivity index (χ1) is 4.14. The van der Waals surface area contributed by atoms with Gasteiger partial charge in [0.2, 0.25) is 0 Å². The lowest BCUT2D eigenvalue weighted by Gasteiger charge is -2.09. The molecule has 1 heterocycles. The molecule has 1 nitrogen and oxygen atoms in total. The average Bonchev–Trinajstić information content (AvgIpc) is 2.10. The van der Waals surface area contributed by atoms with E-state index in [1.165, 1.54) is 5.71 Å². The van der Waals surface area contributed by atoms with Gasteiger partial charge in [0.15, 0.2) is 0 Å². The summed E-state index contributed by atoms with van der Waals surface area (Å²) in [6.07, 6.45) is 1.12. The van der Waals surface area contributed by atoms with Crippen LogP contribution in [0.2, 0.25) is 0 Å². The number of hydrogen-bond donors (Lipinski definition) is 0. The largest absolute Gasteiger partial charge is 0.276 e. The van der Waals surface area contributed by atoms with Gasteiger partial charge in [-0.1, -0.05) is 6.92 Å². The number of thioether (sulfide) groups is 1. The van der Waals surface area contributed by atoms with Crippen LogP contribution in [0.4, 0.5) is 0 Å². The Labute approximate surface area is 60.9 Å². The van der Waals surface area contributed by atoms with Crippen molar-refractivity contribution in [2.75, 3.05) is 5.75 Å². The van der Waals surface area contributed by atoms with Gasteiger partial charge < -0.3 is 0 Å². The summed E-state index contributed by atoms with van der Waals surface area (Å²) < 4.78 is 0. The first kappa shape index (κ1) is 7.13. The fraction of sp³-hybridized carbons (Fsp3) is 0.857. The molecular weight excluding hydrogens is 130 g/mol. The molecule has 0 N–H and O–H groups in total. The van der Waals surface area contributed by atoms with Crippen molar-refractivity contribution in [2.24, 2.45) is 4.99 Å². The fourth-order valence-corrected chi connectivity index (χ4v) is 1.87. The lowest BCUT2D eigenvalue weighted by molar-refractivity contribution is 0.770. The van der Waals surface area contributed by atoms with E-state index in [1.807, 2.05) is 11.8 Å². The Morgan fingerprint density at radius 1 is 1.67 bits per heavy atom. The van der Waals surface area contributed by atoms with E-state index in [1.54, 1.807) is 0 Å². The molecule has 1 aliphatic heterocycles. The molecule has 1 rings (SSSR count). The third-order valence-electron chi connectivity index (χ3n) is 1.43. The van der Waals surface area contributed by atoms with Gasteiger partial charge >= 0.3 is 0 Å². The zero-order chi connectivity index (χ0) is 6.91. The molecule has 0 radical (unpaired) electrons. The predicted octanol–water partition coefficient (Wildman–Crippen LogP) is 2.32. The van der Waals surface area contributed by atoms with Crippen LogP contribution < -0.4 is 0 Å². The summed E-state index contributed by atoms with van der Waals surface area (Å²) in [5, 5.41) is 0. The van der Waals surface area contributed by atoms with Crippen LogP contribution in [0.25, 0.3) is 0 Å². The lowest BCUT2D eigenvalue weighted by Crippen LogP contribution is -2.04. The molecule has 0 aromatic carbocycles. The first-order valence-electron chi connectivity index (χ1n) is 3.35. The van der Waals surface area contributed by atoms with Gasteiger partial charge in [-0.15, -0.1) is 11.8 Å². The highest BCUT2D eigenvalue weighted by Gasteiger charge is 2.23. The topological polar surface area (TPSA) is 12.4 Å². The SMILES string of the molecule is CCC1=NC(C)(C)SC1. The van der Waals surface area contributed by atoms with E-state index >= 15 is 0 Å². The number of nitrogens with zero attached hydrogens (tertiary/aromatic N) is 1. The number of aliphatic imine (C=N–C) groups is 1. The maximum absolute atomic E-state index is 4.52. The summed E-state index contributed by atoms with van der Waals surface area (Å²) in [5.74, 6) is 1.14. The van der Waals surface area contributed by atoms with Crippen molar-refractivity contribution in [3.8, 4) is 0 Å². The van der Waals surface area contributed by atoms with Crippen molar-refractivity contribution < 1.29 is 0 Å². The molecular formula is C7H13NS. The smallest absolute Gasteiger partial charge is 0.100 e. The quantitative estimate of drug-likeness (QED) is 0.548. The average molecular weight is 143 g/mol. The Morgan fingerprint density at radius 3 is 2.56 bits per heavy atom. The second-order valence-corrected chi connectivity index (χ2v) is 4.34. The molecule has 9 heavy (non-hydrogen) atoms. The van der Waals surface area contributed by atoms with Crippen LogP contribution >= 0.6 is 11.8 Å². The van der Waals surface area contributed by atoms with E-state index in [2.05, 4.69) is 25.8 Å². The van der Waals surface area contributed by atoms with E-state index in [0.29, 0.717) is 0 Å². The molecule has 2 heteroatoms. The Kier molecular flexibility index (Phi) is 1.85. The third-order valence-corrected chi connectivity index (χ3v) is 2.70. The summed E-state index contributed by atoms with van der Waals surface area (Å²) >= 11 is 1.93. The van der Waals surface area contributed by atoms with Gasteiger partial charge in [0.1, 0.15) is 4.87 Å². The van der Waals surface area contributed by atoms with Gasteiger partial charge in [-0.2, -0.15) is 0 Å². The second-order valence-electron chi connectivity index (χ2n) is 2.77. The third kappa shape index (κ3) is 1.71. The fourth-order valence-electron chi connectivity index (χ4n) is 0.886. The van der Waals surface area contributed by atoms with Crippen molar-refractivity contribution in [2.45, 2.75) is 32.1 Å². The van der Waals surface area contributed by atoms with E-state index in [-0.39, 0.29) is 4.87 Å². The van der Waals surface area contributed by atoms with Crippen LogP contribution in [0.3, 0.4) is 0 Å². The minimum Gasteiger partial charge on any atom is -0.276 e. The highest BCUT2D eigenvalue weighted by molar-refractivity contribution is 8.01. The highest BCUT2D eigenvalue weighted by atomic mass is 32.2. The molecule has 0 bridgehead atoms. The molecule has 0 spiro atoms. The molecule has 0 amide bonds. The van der Waals surface area contributed by atoms with Crippen molar-refractivity contribution in [1.29, 1.82) is 0 Å².